The van der Waals surface area contributed by atoms with Gasteiger partial charge in [-0.15, -0.1) is 0 Å². The summed E-state index contributed by atoms with van der Waals surface area (Å²) in [5, 5.41) is 4.55. The van der Waals surface area contributed by atoms with Gasteiger partial charge in [0.2, 0.25) is 0 Å². The highest BCUT2D eigenvalue weighted by atomic mass is 32.1. The van der Waals surface area contributed by atoms with Gasteiger partial charge in [0, 0.05) is 13.6 Å². The third kappa shape index (κ3) is 2.56. The summed E-state index contributed by atoms with van der Waals surface area (Å²) in [5.74, 6) is 0.699. The first kappa shape index (κ1) is 12.8. The van der Waals surface area contributed by atoms with Gasteiger partial charge in [0.05, 0.1) is 0 Å². The summed E-state index contributed by atoms with van der Waals surface area (Å²) in [6, 6.07) is 0. The summed E-state index contributed by atoms with van der Waals surface area (Å²) in [6.45, 7) is 0.854. The van der Waals surface area contributed by atoms with Crippen molar-refractivity contribution < 1.29 is 0 Å². The zero-order chi connectivity index (χ0) is 13.4. The van der Waals surface area contributed by atoms with E-state index in [2.05, 4.69) is 11.2 Å². The average molecular weight is 277 g/mol. The predicted octanol–water partition coefficient (Wildman–Crippen LogP) is 2.68. The maximum absolute atomic E-state index is 12.3. The molecule has 2 aliphatic carbocycles. The molecule has 5 heteroatoms. The third-order valence-corrected chi connectivity index (χ3v) is 4.44. The fraction of sp³-hybridized carbons (Fsp3) is 0.643. The molecule has 2 aliphatic rings. The molecule has 1 aromatic heterocycles. The van der Waals surface area contributed by atoms with E-state index in [9.17, 15) is 4.79 Å². The lowest BCUT2D eigenvalue weighted by Crippen LogP contribution is -2.29. The summed E-state index contributed by atoms with van der Waals surface area (Å²) in [4.78, 5) is 12.3. The second-order valence-electron chi connectivity index (χ2n) is 5.60. The van der Waals surface area contributed by atoms with Crippen LogP contribution >= 0.6 is 12.2 Å². The fourth-order valence-corrected chi connectivity index (χ4v) is 2.74. The lowest BCUT2D eigenvalue weighted by molar-refractivity contribution is 0.501. The molecule has 0 aliphatic heterocycles. The van der Waals surface area contributed by atoms with E-state index in [1.807, 2.05) is 4.68 Å². The second kappa shape index (κ2) is 5.04. The van der Waals surface area contributed by atoms with Crippen LogP contribution in [0.5, 0.6) is 0 Å². The zero-order valence-corrected chi connectivity index (χ0v) is 12.1. The van der Waals surface area contributed by atoms with Crippen LogP contribution in [0, 0.1) is 10.7 Å². The van der Waals surface area contributed by atoms with E-state index in [1.54, 1.807) is 11.6 Å². The largest absolute Gasteiger partial charge is 0.285 e. The van der Waals surface area contributed by atoms with Crippen molar-refractivity contribution in [3.63, 3.8) is 0 Å². The first-order chi connectivity index (χ1) is 9.16. The van der Waals surface area contributed by atoms with E-state index < -0.39 is 0 Å². The van der Waals surface area contributed by atoms with Gasteiger partial charge in [-0.05, 0) is 62.2 Å². The Labute approximate surface area is 117 Å². The molecule has 1 fully saturated rings. The van der Waals surface area contributed by atoms with Crippen molar-refractivity contribution in [2.45, 2.75) is 45.1 Å². The summed E-state index contributed by atoms with van der Waals surface area (Å²) in [6.07, 6.45) is 9.05. The van der Waals surface area contributed by atoms with Crippen LogP contribution in [0.15, 0.2) is 10.9 Å². The monoisotopic (exact) mass is 277 g/mol. The molecule has 0 amide bonds. The molecule has 0 radical (unpaired) electrons. The topological polar surface area (TPSA) is 39.8 Å². The Bertz CT molecular complexity index is 637. The summed E-state index contributed by atoms with van der Waals surface area (Å²) < 4.78 is 3.95. The van der Waals surface area contributed by atoms with Gasteiger partial charge in [0.1, 0.15) is 0 Å². The van der Waals surface area contributed by atoms with E-state index >= 15 is 0 Å². The molecular weight excluding hydrogens is 258 g/mol. The fourth-order valence-electron chi connectivity index (χ4n) is 2.54. The molecule has 4 nitrogen and oxygen atoms in total. The van der Waals surface area contributed by atoms with Crippen LogP contribution in [0.25, 0.3) is 5.57 Å². The van der Waals surface area contributed by atoms with Crippen molar-refractivity contribution in [1.29, 1.82) is 0 Å². The van der Waals surface area contributed by atoms with Crippen LogP contribution in [0.3, 0.4) is 0 Å². The van der Waals surface area contributed by atoms with Gasteiger partial charge in [0.15, 0.2) is 10.5 Å². The Morgan fingerprint density at radius 3 is 2.84 bits per heavy atom. The van der Waals surface area contributed by atoms with E-state index in [1.165, 1.54) is 19.3 Å². The molecule has 3 rings (SSSR count). The standard InChI is InChI=1S/C14H19N3OS/c1-16-13(18)12(11-5-3-2-4-6-11)15-17(14(16)19)9-10-7-8-10/h5,10H,2-4,6-9H2,1H3. The molecular formula is C14H19N3OS. The number of hydrogen-bond acceptors (Lipinski definition) is 3. The van der Waals surface area contributed by atoms with Crippen LogP contribution < -0.4 is 5.56 Å². The SMILES string of the molecule is Cn1c(=O)c(C2=CCCCC2)nn(CC2CC2)c1=S. The smallest absolute Gasteiger partial charge is 0.280 e. The molecule has 1 saturated carbocycles. The maximum Gasteiger partial charge on any atom is 0.280 e. The number of allylic oxidation sites excluding steroid dienone is 2. The lowest BCUT2D eigenvalue weighted by atomic mass is 9.97. The number of nitrogens with zero attached hydrogens (tertiary/aromatic N) is 3. The van der Waals surface area contributed by atoms with Crippen LogP contribution in [0.4, 0.5) is 0 Å². The van der Waals surface area contributed by atoms with Gasteiger partial charge >= 0.3 is 0 Å². The van der Waals surface area contributed by atoms with Crippen molar-refractivity contribution in [2.24, 2.45) is 13.0 Å². The molecule has 19 heavy (non-hydrogen) atoms. The van der Waals surface area contributed by atoms with Crippen molar-refractivity contribution in [1.82, 2.24) is 14.3 Å². The van der Waals surface area contributed by atoms with Crippen LogP contribution in [0.1, 0.15) is 44.2 Å². The summed E-state index contributed by atoms with van der Waals surface area (Å²) in [7, 11) is 1.75. The van der Waals surface area contributed by atoms with Gasteiger partial charge in [0.25, 0.3) is 5.56 Å². The summed E-state index contributed by atoms with van der Waals surface area (Å²) >= 11 is 5.33. The van der Waals surface area contributed by atoms with E-state index in [4.69, 9.17) is 12.2 Å². The molecule has 0 spiro atoms. The van der Waals surface area contributed by atoms with Gasteiger partial charge in [-0.2, -0.15) is 5.10 Å². The van der Waals surface area contributed by atoms with Crippen LogP contribution in [-0.4, -0.2) is 14.3 Å². The van der Waals surface area contributed by atoms with Crippen molar-refractivity contribution in [3.8, 4) is 0 Å². The first-order valence-corrected chi connectivity index (χ1v) is 7.45. The van der Waals surface area contributed by atoms with Crippen molar-refractivity contribution in [3.05, 3.63) is 26.9 Å². The first-order valence-electron chi connectivity index (χ1n) is 7.04. The van der Waals surface area contributed by atoms with Crippen molar-refractivity contribution >= 4 is 17.8 Å². The minimum Gasteiger partial charge on any atom is -0.285 e. The second-order valence-corrected chi connectivity index (χ2v) is 5.96. The van der Waals surface area contributed by atoms with Gasteiger partial charge < -0.3 is 0 Å². The molecule has 0 saturated heterocycles. The quantitative estimate of drug-likeness (QED) is 0.797. The minimum absolute atomic E-state index is 0.0507. The molecule has 0 atom stereocenters. The van der Waals surface area contributed by atoms with Gasteiger partial charge in [-0.3, -0.25) is 9.36 Å². The molecule has 0 unspecified atom stereocenters. The van der Waals surface area contributed by atoms with Crippen molar-refractivity contribution in [2.75, 3.05) is 0 Å². The Morgan fingerprint density at radius 1 is 1.42 bits per heavy atom. The molecule has 1 aromatic rings. The predicted molar refractivity (Wildman–Crippen MR) is 77.5 cm³/mol. The summed E-state index contributed by atoms with van der Waals surface area (Å²) in [5.41, 5.74) is 1.66. The minimum atomic E-state index is -0.0507. The number of hydrogen-bond donors (Lipinski definition) is 0. The van der Waals surface area contributed by atoms with E-state index in [-0.39, 0.29) is 5.56 Å². The number of aromatic nitrogens is 3. The highest BCUT2D eigenvalue weighted by Crippen LogP contribution is 2.30. The van der Waals surface area contributed by atoms with E-state index in [0.717, 1.165) is 31.4 Å². The molecule has 0 bridgehead atoms. The van der Waals surface area contributed by atoms with Crippen LogP contribution in [0.2, 0.25) is 0 Å². The molecule has 0 N–H and O–H groups in total. The van der Waals surface area contributed by atoms with Gasteiger partial charge in [-0.1, -0.05) is 6.08 Å². The molecule has 1 heterocycles. The third-order valence-electron chi connectivity index (χ3n) is 3.96. The Hall–Kier alpha value is -1.23. The highest BCUT2D eigenvalue weighted by Gasteiger charge is 2.23. The molecule has 0 aromatic carbocycles. The number of rotatable bonds is 3. The Morgan fingerprint density at radius 2 is 2.21 bits per heavy atom. The lowest BCUT2D eigenvalue weighted by Gasteiger charge is -2.15. The van der Waals surface area contributed by atoms with E-state index in [0.29, 0.717) is 16.4 Å². The Kier molecular flexibility index (Phi) is 3.39. The highest BCUT2D eigenvalue weighted by molar-refractivity contribution is 7.71. The van der Waals surface area contributed by atoms with Gasteiger partial charge in [-0.25, -0.2) is 4.68 Å². The normalized spacial score (nSPS) is 19.3. The zero-order valence-electron chi connectivity index (χ0n) is 11.3. The Balaban J connectivity index is 2.07. The molecule has 102 valence electrons. The average Bonchev–Trinajstić information content (AvgIpc) is 3.24. The maximum atomic E-state index is 12.3. The van der Waals surface area contributed by atoms with Crippen LogP contribution in [-0.2, 0) is 13.6 Å².